The first kappa shape index (κ1) is 82.0. The van der Waals surface area contributed by atoms with Crippen LogP contribution in [0.25, 0.3) is 0 Å². The van der Waals surface area contributed by atoms with E-state index in [1.54, 1.807) is 85.8 Å². The molecule has 16 rings (SSSR count). The van der Waals surface area contributed by atoms with Crippen LogP contribution in [0.4, 0.5) is 17.6 Å². The number of ether oxygens (including phenoxy) is 4. The number of aliphatic hydroxyl groups is 8. The maximum atomic E-state index is 15.8. The average Bonchev–Trinajstić information content (AvgIpc) is 1.57. The fourth-order valence-electron chi connectivity index (χ4n) is 11.8. The lowest BCUT2D eigenvalue weighted by molar-refractivity contribution is -0.205. The van der Waals surface area contributed by atoms with E-state index in [0.717, 1.165) is 23.2 Å². The van der Waals surface area contributed by atoms with Gasteiger partial charge >= 0.3 is 54.0 Å². The van der Waals surface area contributed by atoms with Crippen LogP contribution in [0.5, 0.6) is 23.0 Å². The van der Waals surface area contributed by atoms with Crippen LogP contribution in [-0.2, 0) is 99.8 Å². The summed E-state index contributed by atoms with van der Waals surface area (Å²) in [4.78, 5) is 58.0. The Morgan fingerprint density at radius 1 is 0.400 bits per heavy atom. The van der Waals surface area contributed by atoms with Gasteiger partial charge in [0.1, 0.15) is 117 Å². The van der Waals surface area contributed by atoms with Crippen molar-refractivity contribution >= 4 is 80.2 Å². The maximum absolute atomic E-state index is 15.8. The highest BCUT2D eigenvalue weighted by atomic mass is 32.1. The molecular weight excluding hydrogens is 1770 g/mol. The van der Waals surface area contributed by atoms with E-state index in [0.29, 0.717) is 52.6 Å². The SMILES string of the molecule is Cc1cn([C@@H]2O[C@](F)(COP3(=O)OCc4ccccc4O3)[C@@H](O)[C@H]2O)c(=O)[nH]c1=S.[2H]C([2H])(OP1(=O)OCc2ccccc2O1)[C@@]1(F)O[C@@H](n2cc(C)c(=S)[nH]c2=O)[C@H](O)[C@@H]1O.[2H]C([2H])(OP1(=O)OCc2ccccc2O1)[C@@]1(F)O[C@@]([2H])(n2cc(C)c(=S)[nH]c2=O)[C@H](O)[C@@H]1O.[2H][C@@]1(n2cc(C)c(=S)[nH]c2=O)O[C@](F)(COP2(=O)OCc3ccccc3O2)[C@@H](O)[C@H]1O. The van der Waals surface area contributed by atoms with Crippen molar-refractivity contribution in [1.82, 2.24) is 38.2 Å². The van der Waals surface area contributed by atoms with Crippen LogP contribution in [-0.4, -0.2) is 178 Å². The number of alkyl halides is 4. The summed E-state index contributed by atoms with van der Waals surface area (Å²) in [5.74, 6) is -13.4. The molecule has 0 saturated carbocycles. The van der Waals surface area contributed by atoms with Crippen LogP contribution < -0.4 is 40.9 Å². The van der Waals surface area contributed by atoms with Gasteiger partial charge in [0.25, 0.3) is 23.4 Å². The number of fused-ring (bicyclic) bond motifs is 4. The number of benzene rings is 4. The second-order valence-corrected chi connectivity index (χ2v) is 34.7. The number of hydrogen-bond donors (Lipinski definition) is 12. The number of rotatable bonds is 16. The molecule has 4 aromatic heterocycles. The van der Waals surface area contributed by atoms with Crippen LogP contribution in [0.2, 0.25) is 0 Å². The molecule has 0 amide bonds. The first-order valence-electron chi connectivity index (χ1n) is 37.7. The lowest BCUT2D eigenvalue weighted by atomic mass is 10.1. The first-order valence-corrected chi connectivity index (χ1v) is 42.2. The van der Waals surface area contributed by atoms with Gasteiger partial charge in [-0.15, -0.1) is 0 Å². The zero-order chi connectivity index (χ0) is 92.2. The van der Waals surface area contributed by atoms with Crippen LogP contribution in [0.3, 0.4) is 0 Å². The highest BCUT2D eigenvalue weighted by Crippen LogP contribution is 2.60. The number of nitrogens with zero attached hydrogens (tertiary/aromatic N) is 4. The van der Waals surface area contributed by atoms with Crippen LogP contribution in [0.1, 0.15) is 77.6 Å². The molecule has 0 aliphatic carbocycles. The number of aryl methyl sites for hydroxylation is 4. The van der Waals surface area contributed by atoms with E-state index in [9.17, 15) is 78.3 Å². The number of halogens is 4. The van der Waals surface area contributed by atoms with Gasteiger partial charge in [0, 0.05) is 69.3 Å². The molecule has 40 nitrogen and oxygen atoms in total. The third-order valence-corrected chi connectivity index (χ3v) is 25.0. The van der Waals surface area contributed by atoms with E-state index < -0.39 is 177 Å². The highest BCUT2D eigenvalue weighted by Gasteiger charge is 2.62. The number of phosphoric ester groups is 4. The number of hydrogen-bond acceptors (Lipinski definition) is 36. The molecule has 8 aliphatic rings. The molecule has 120 heavy (non-hydrogen) atoms. The standard InChI is InChI=1S/4C17H18FN2O8PS/c4*1-9-6-20(16(23)19-14(9)30)15-12(21)13(22)17(18,27-15)8-26-29(24)25-7-10-4-2-3-5-11(10)28-29/h4*2-6,12-13,15,21-22H,7-8H2,1H3,(H,19,23,30)/t4*12-,13+,15-,17-,29?/m1111/s1/i8D2,15D;15D;8D2;. The number of aromatic nitrogens is 8. The molecule has 12 heterocycles. The Morgan fingerprint density at radius 3 is 0.975 bits per heavy atom. The van der Waals surface area contributed by atoms with E-state index in [-0.39, 0.29) is 73.6 Å². The van der Waals surface area contributed by atoms with Crippen molar-refractivity contribution in [2.75, 3.05) is 26.3 Å². The fourth-order valence-corrected chi connectivity index (χ4v) is 17.0. The molecule has 0 spiro atoms. The molecule has 8 aliphatic heterocycles. The molecule has 0 radical (unpaired) electrons. The quantitative estimate of drug-likeness (QED) is 0.0254. The summed E-state index contributed by atoms with van der Waals surface area (Å²) in [7, 11) is -18.0. The average molecular weight is 1850 g/mol. The molecular formula is C68H72F4N8O32P4S4. The Morgan fingerprint density at radius 2 is 0.642 bits per heavy atom. The van der Waals surface area contributed by atoms with Gasteiger partial charge in [-0.1, -0.05) is 122 Å². The van der Waals surface area contributed by atoms with E-state index in [1.807, 2.05) is 0 Å². The van der Waals surface area contributed by atoms with Crippen molar-refractivity contribution in [1.29, 1.82) is 0 Å². The van der Waals surface area contributed by atoms with Crippen molar-refractivity contribution in [2.24, 2.45) is 0 Å². The summed E-state index contributed by atoms with van der Waals surface area (Å²) < 4.78 is 245. The highest BCUT2D eigenvalue weighted by molar-refractivity contribution is 7.72. The summed E-state index contributed by atoms with van der Waals surface area (Å²) in [6.45, 7) is -4.45. The normalized spacial score (nSPS) is 35.3. The van der Waals surface area contributed by atoms with E-state index in [4.69, 9.17) is 130 Å². The molecule has 4 aromatic carbocycles. The van der Waals surface area contributed by atoms with Gasteiger partial charge in [-0.25, -0.2) is 55.0 Å². The number of aliphatic hydroxyl groups excluding tert-OH is 8. The van der Waals surface area contributed by atoms with Crippen molar-refractivity contribution in [3.05, 3.63) is 227 Å². The second kappa shape index (κ2) is 35.2. The summed E-state index contributed by atoms with van der Waals surface area (Å²) in [6, 6.07) is 25.6. The topological polar surface area (TPSA) is 529 Å². The van der Waals surface area contributed by atoms with Crippen LogP contribution in [0.15, 0.2) is 141 Å². The Labute approximate surface area is 700 Å². The van der Waals surface area contributed by atoms with E-state index >= 15 is 17.6 Å². The summed E-state index contributed by atoms with van der Waals surface area (Å²) >= 11 is 19.7. The number of nitrogens with one attached hydrogen (secondary N) is 4. The summed E-state index contributed by atoms with van der Waals surface area (Å²) in [6.07, 6.45) is -23.2. The molecule has 648 valence electrons. The molecule has 4 saturated heterocycles. The van der Waals surface area contributed by atoms with Crippen molar-refractivity contribution in [2.45, 2.75) is 151 Å². The number of aromatic amines is 4. The molecule has 12 N–H and O–H groups in total. The van der Waals surface area contributed by atoms with Crippen molar-refractivity contribution in [3.63, 3.8) is 0 Å². The Hall–Kier alpha value is -7.68. The lowest BCUT2D eigenvalue weighted by Crippen LogP contribution is -2.43. The largest absolute Gasteiger partial charge is 0.530 e. The van der Waals surface area contributed by atoms with Gasteiger partial charge in [0.15, 0.2) is 24.9 Å². The minimum atomic E-state index is -4.78. The van der Waals surface area contributed by atoms with Crippen LogP contribution >= 0.6 is 80.2 Å². The summed E-state index contributed by atoms with van der Waals surface area (Å²) in [5.41, 5.74) is -0.114. The third-order valence-electron chi connectivity index (χ3n) is 18.3. The Bertz CT molecular complexity index is 6320. The van der Waals surface area contributed by atoms with Gasteiger partial charge in [0.05, 0.1) is 34.7 Å². The van der Waals surface area contributed by atoms with Gasteiger partial charge in [-0.2, -0.15) is 0 Å². The third kappa shape index (κ3) is 18.9. The number of para-hydroxylation sites is 4. The monoisotopic (exact) mass is 1850 g/mol. The first-order chi connectivity index (χ1) is 58.7. The zero-order valence-corrected chi connectivity index (χ0v) is 68.5. The minimum Gasteiger partial charge on any atom is -0.404 e. The zero-order valence-electron chi connectivity index (χ0n) is 67.7. The van der Waals surface area contributed by atoms with Gasteiger partial charge in [-0.05, 0) is 52.0 Å². The molecule has 0 bridgehead atoms. The Kier molecular flexibility index (Phi) is 24.0. The molecule has 4 fully saturated rings. The van der Waals surface area contributed by atoms with E-state index in [1.165, 1.54) is 45.2 Å². The van der Waals surface area contributed by atoms with Gasteiger partial charge < -0.3 is 77.9 Å². The minimum absolute atomic E-state index is 0.00281. The molecule has 52 heteroatoms. The molecule has 8 aromatic rings. The maximum Gasteiger partial charge on any atom is 0.530 e. The molecule has 20 atom stereocenters. The number of H-pyrrole nitrogens is 4. The van der Waals surface area contributed by atoms with Crippen molar-refractivity contribution in [3.8, 4) is 23.0 Å². The number of phosphoric acid groups is 4. The van der Waals surface area contributed by atoms with Crippen LogP contribution in [0, 0.1) is 46.3 Å². The van der Waals surface area contributed by atoms with Crippen molar-refractivity contribution < 1.29 is 158 Å². The smallest absolute Gasteiger partial charge is 0.404 e. The Balaban J connectivity index is 0.000000144. The second-order valence-electron chi connectivity index (χ2n) is 26.9. The van der Waals surface area contributed by atoms with Gasteiger partial charge in [-0.3, -0.25) is 74.4 Å². The summed E-state index contributed by atoms with van der Waals surface area (Å²) in [5, 5.41) is 82.3. The predicted molar refractivity (Wildman–Crippen MR) is 408 cm³/mol. The van der Waals surface area contributed by atoms with Gasteiger partial charge in [0.2, 0.25) is 0 Å². The van der Waals surface area contributed by atoms with E-state index in [2.05, 4.69) is 19.9 Å². The fraction of sp³-hybridized carbons (Fsp3) is 0.412. The predicted octanol–water partition coefficient (Wildman–Crippen LogP) is 7.46. The molecule has 4 unspecified atom stereocenters. The lowest BCUT2D eigenvalue weighted by Gasteiger charge is -2.28.